The number of hydrogen-bond acceptors (Lipinski definition) is 15. The third-order valence-electron chi connectivity index (χ3n) is 19.2. The molecule has 0 fully saturated rings. The Bertz CT molecular complexity index is 1940. The van der Waals surface area contributed by atoms with E-state index in [9.17, 15) is 43.2 Å². The summed E-state index contributed by atoms with van der Waals surface area (Å²) in [6.07, 6.45) is 59.5. The van der Waals surface area contributed by atoms with E-state index < -0.39 is 97.5 Å². The topological polar surface area (TPSA) is 237 Å². The van der Waals surface area contributed by atoms with Gasteiger partial charge in [0.25, 0.3) is 0 Å². The second-order valence-corrected chi connectivity index (χ2v) is 33.3. The van der Waals surface area contributed by atoms with Gasteiger partial charge in [0.2, 0.25) is 0 Å². The summed E-state index contributed by atoms with van der Waals surface area (Å²) in [5, 5.41) is 10.6. The Hall–Kier alpha value is -1.94. The standard InChI is InChI=1S/C81H158O17P2/c1-8-10-11-12-13-14-15-21-29-34-43-50-57-64-80(85)98-77(69-92-79(84)63-56-49-42-37-36-39-46-53-60-73(5)6)71-96-100(89,90)94-67-75(82)66-93-99(87,88)95-70-76(97-81(86)65-58-51-44-35-30-25-18-16-17-22-26-31-38-45-52-59-72(3)4)68-91-78(83)62-55-48-41-33-28-24-20-19-23-27-32-40-47-54-61-74(7)9-2/h72-77,82H,8-71H2,1-7H3,(H,87,88)(H,89,90)/t74?,75-,76-,77-/m1/s1. The third-order valence-corrected chi connectivity index (χ3v) is 21.1. The fraction of sp³-hybridized carbons (Fsp3) is 0.951. The minimum Gasteiger partial charge on any atom is -0.462 e. The van der Waals surface area contributed by atoms with Gasteiger partial charge in [0.1, 0.15) is 19.3 Å². The lowest BCUT2D eigenvalue weighted by molar-refractivity contribution is -0.161. The van der Waals surface area contributed by atoms with Gasteiger partial charge in [-0.3, -0.25) is 37.3 Å². The van der Waals surface area contributed by atoms with Gasteiger partial charge in [-0.15, -0.1) is 0 Å². The fourth-order valence-electron chi connectivity index (χ4n) is 12.5. The van der Waals surface area contributed by atoms with Gasteiger partial charge in [-0.05, 0) is 43.4 Å². The average molecular weight is 1470 g/mol. The summed E-state index contributed by atoms with van der Waals surface area (Å²) in [7, 11) is -9.92. The van der Waals surface area contributed by atoms with Crippen molar-refractivity contribution in [1.82, 2.24) is 0 Å². The van der Waals surface area contributed by atoms with E-state index >= 15 is 0 Å². The van der Waals surface area contributed by atoms with Gasteiger partial charge in [-0.1, -0.05) is 370 Å². The number of ether oxygens (including phenoxy) is 4. The van der Waals surface area contributed by atoms with Crippen molar-refractivity contribution in [3.8, 4) is 0 Å². The summed E-state index contributed by atoms with van der Waals surface area (Å²) in [6.45, 7) is 12.0. The molecule has 0 heterocycles. The Kier molecular flexibility index (Phi) is 69.9. The zero-order chi connectivity index (χ0) is 73.7. The maximum absolute atomic E-state index is 13.1. The first-order chi connectivity index (χ1) is 48.3. The SMILES string of the molecule is CCCCCCCCCCCCCCCC(=O)O[C@H](COC(=O)CCCCCCCCCCC(C)C)COP(=O)(O)OC[C@H](O)COP(=O)(O)OC[C@@H](COC(=O)CCCCCCCCCCCCCCCCC(C)CC)OC(=O)CCCCCCCCCCCCCCCCCC(C)C. The van der Waals surface area contributed by atoms with Crippen molar-refractivity contribution in [2.24, 2.45) is 17.8 Å². The van der Waals surface area contributed by atoms with Gasteiger partial charge in [-0.25, -0.2) is 9.13 Å². The summed E-state index contributed by atoms with van der Waals surface area (Å²) in [5.74, 6) is 0.269. The summed E-state index contributed by atoms with van der Waals surface area (Å²) in [5.41, 5.74) is 0. The van der Waals surface area contributed by atoms with Crippen LogP contribution in [0, 0.1) is 17.8 Å². The quantitative estimate of drug-likeness (QED) is 0.0222. The van der Waals surface area contributed by atoms with Crippen molar-refractivity contribution < 1.29 is 80.2 Å². The number of unbranched alkanes of at least 4 members (excludes halogenated alkanes) is 46. The molecule has 0 rings (SSSR count). The van der Waals surface area contributed by atoms with Gasteiger partial charge in [0.15, 0.2) is 12.2 Å². The highest BCUT2D eigenvalue weighted by molar-refractivity contribution is 7.47. The average Bonchev–Trinajstić information content (AvgIpc) is 1.45. The molecule has 0 radical (unpaired) electrons. The van der Waals surface area contributed by atoms with E-state index in [0.29, 0.717) is 25.7 Å². The van der Waals surface area contributed by atoms with E-state index in [2.05, 4.69) is 48.5 Å². The van der Waals surface area contributed by atoms with Crippen LogP contribution in [-0.4, -0.2) is 96.7 Å². The first kappa shape index (κ1) is 98.1. The Morgan fingerprint density at radius 2 is 0.510 bits per heavy atom. The highest BCUT2D eigenvalue weighted by Gasteiger charge is 2.30. The van der Waals surface area contributed by atoms with Crippen molar-refractivity contribution in [2.75, 3.05) is 39.6 Å². The first-order valence-corrected chi connectivity index (χ1v) is 44.9. The molecule has 0 aliphatic rings. The molecule has 0 aromatic rings. The number of esters is 4. The molecule has 0 bridgehead atoms. The van der Waals surface area contributed by atoms with E-state index in [0.717, 1.165) is 108 Å². The molecule has 0 saturated carbocycles. The molecule has 0 aliphatic carbocycles. The number of carbonyl (C=O) groups excluding carboxylic acids is 4. The van der Waals surface area contributed by atoms with Crippen molar-refractivity contribution >= 4 is 39.5 Å². The van der Waals surface area contributed by atoms with Crippen molar-refractivity contribution in [3.63, 3.8) is 0 Å². The maximum atomic E-state index is 13.1. The molecular formula is C81H158O17P2. The van der Waals surface area contributed by atoms with Crippen LogP contribution in [0.2, 0.25) is 0 Å². The van der Waals surface area contributed by atoms with Gasteiger partial charge in [-0.2, -0.15) is 0 Å². The number of hydrogen-bond donors (Lipinski definition) is 3. The molecule has 0 spiro atoms. The zero-order valence-electron chi connectivity index (χ0n) is 65.7. The molecule has 0 aromatic carbocycles. The lowest BCUT2D eigenvalue weighted by Gasteiger charge is -2.21. The lowest BCUT2D eigenvalue weighted by Crippen LogP contribution is -2.30. The molecular weight excluding hydrogens is 1310 g/mol. The summed E-state index contributed by atoms with van der Waals surface area (Å²) in [4.78, 5) is 73.0. The van der Waals surface area contributed by atoms with Gasteiger partial charge in [0, 0.05) is 25.7 Å². The smallest absolute Gasteiger partial charge is 0.462 e. The summed E-state index contributed by atoms with van der Waals surface area (Å²) < 4.78 is 68.7. The van der Waals surface area contributed by atoms with Crippen LogP contribution in [0.25, 0.3) is 0 Å². The number of aliphatic hydroxyl groups excluding tert-OH is 1. The Morgan fingerprint density at radius 3 is 0.760 bits per heavy atom. The molecule has 0 amide bonds. The molecule has 17 nitrogen and oxygen atoms in total. The van der Waals surface area contributed by atoms with E-state index in [-0.39, 0.29) is 25.7 Å². The Balaban J connectivity index is 5.25. The number of aliphatic hydroxyl groups is 1. The molecule has 0 aromatic heterocycles. The van der Waals surface area contributed by atoms with E-state index in [1.807, 2.05) is 0 Å². The second-order valence-electron chi connectivity index (χ2n) is 30.4. The zero-order valence-corrected chi connectivity index (χ0v) is 67.5. The molecule has 3 N–H and O–H groups in total. The largest absolute Gasteiger partial charge is 0.472 e. The Labute approximate surface area is 613 Å². The minimum absolute atomic E-state index is 0.107. The van der Waals surface area contributed by atoms with Crippen LogP contribution in [0.5, 0.6) is 0 Å². The fourth-order valence-corrected chi connectivity index (χ4v) is 14.0. The van der Waals surface area contributed by atoms with Crippen molar-refractivity contribution in [1.29, 1.82) is 0 Å². The van der Waals surface area contributed by atoms with Gasteiger partial charge < -0.3 is 33.8 Å². The number of phosphoric ester groups is 2. The number of phosphoric acid groups is 2. The van der Waals surface area contributed by atoms with Crippen LogP contribution in [0.15, 0.2) is 0 Å². The highest BCUT2D eigenvalue weighted by atomic mass is 31.2. The summed E-state index contributed by atoms with van der Waals surface area (Å²) in [6, 6.07) is 0. The van der Waals surface area contributed by atoms with Crippen LogP contribution < -0.4 is 0 Å². The maximum Gasteiger partial charge on any atom is 0.472 e. The molecule has 100 heavy (non-hydrogen) atoms. The lowest BCUT2D eigenvalue weighted by atomic mass is 9.99. The third kappa shape index (κ3) is 73.0. The Morgan fingerprint density at radius 1 is 0.290 bits per heavy atom. The van der Waals surface area contributed by atoms with Gasteiger partial charge >= 0.3 is 39.5 Å². The van der Waals surface area contributed by atoms with Crippen LogP contribution in [0.3, 0.4) is 0 Å². The van der Waals surface area contributed by atoms with Crippen LogP contribution >= 0.6 is 15.6 Å². The highest BCUT2D eigenvalue weighted by Crippen LogP contribution is 2.45. The van der Waals surface area contributed by atoms with Crippen LogP contribution in [0.4, 0.5) is 0 Å². The predicted octanol–water partition coefficient (Wildman–Crippen LogP) is 24.1. The van der Waals surface area contributed by atoms with Crippen molar-refractivity contribution in [2.45, 2.75) is 439 Å². The first-order valence-electron chi connectivity index (χ1n) is 41.9. The molecule has 0 aliphatic heterocycles. The van der Waals surface area contributed by atoms with Gasteiger partial charge in [0.05, 0.1) is 26.4 Å². The minimum atomic E-state index is -4.96. The van der Waals surface area contributed by atoms with E-state index in [4.69, 9.17) is 37.0 Å². The van der Waals surface area contributed by atoms with Crippen LogP contribution in [0.1, 0.15) is 421 Å². The van der Waals surface area contributed by atoms with Crippen LogP contribution in [-0.2, 0) is 65.4 Å². The van der Waals surface area contributed by atoms with Crippen molar-refractivity contribution in [3.05, 3.63) is 0 Å². The molecule has 19 heteroatoms. The van der Waals surface area contributed by atoms with E-state index in [1.165, 1.54) is 231 Å². The molecule has 594 valence electrons. The molecule has 3 unspecified atom stereocenters. The van der Waals surface area contributed by atoms with E-state index in [1.54, 1.807) is 0 Å². The monoisotopic (exact) mass is 1470 g/mol. The normalized spacial score (nSPS) is 14.2. The molecule has 6 atom stereocenters. The molecule has 0 saturated heterocycles. The summed E-state index contributed by atoms with van der Waals surface area (Å²) >= 11 is 0. The predicted molar refractivity (Wildman–Crippen MR) is 409 cm³/mol. The second kappa shape index (κ2) is 71.3. The number of rotatable bonds is 79. The number of carbonyl (C=O) groups is 4.